The van der Waals surface area contributed by atoms with Crippen LogP contribution in [-0.4, -0.2) is 28.2 Å². The van der Waals surface area contributed by atoms with Crippen molar-refractivity contribution in [2.75, 3.05) is 6.54 Å². The van der Waals surface area contributed by atoms with Crippen molar-refractivity contribution in [3.8, 4) is 0 Å². The fourth-order valence-electron chi connectivity index (χ4n) is 3.25. The molecule has 126 valence electrons. The number of hydrogen-bond acceptors (Lipinski definition) is 3. The van der Waals surface area contributed by atoms with Crippen molar-refractivity contribution in [2.24, 2.45) is 10.9 Å². The Hall–Kier alpha value is -1.91. The normalized spacial score (nSPS) is 19.3. The third-order valence-corrected chi connectivity index (χ3v) is 4.54. The van der Waals surface area contributed by atoms with Gasteiger partial charge in [0, 0.05) is 30.6 Å². The van der Waals surface area contributed by atoms with Crippen LogP contribution < -0.4 is 0 Å². The molecular weight excluding hydrogens is 290 g/mol. The molecule has 0 spiro atoms. The molecule has 1 aromatic rings. The molecule has 2 rings (SSSR count). The maximum Gasteiger partial charge on any atom is 0.269 e. The smallest absolute Gasteiger partial charge is 0.269 e. The summed E-state index contributed by atoms with van der Waals surface area (Å²) in [7, 11) is 0. The molecule has 23 heavy (non-hydrogen) atoms. The summed E-state index contributed by atoms with van der Waals surface area (Å²) in [6.45, 7) is 9.51. The number of amidine groups is 1. The Bertz CT molecular complexity index is 596. The van der Waals surface area contributed by atoms with Crippen molar-refractivity contribution in [3.63, 3.8) is 0 Å². The molecule has 1 aliphatic rings. The van der Waals surface area contributed by atoms with Gasteiger partial charge in [0.05, 0.1) is 10.6 Å². The highest BCUT2D eigenvalue weighted by atomic mass is 16.6. The third-order valence-electron chi connectivity index (χ3n) is 4.54. The van der Waals surface area contributed by atoms with E-state index in [-0.39, 0.29) is 10.6 Å². The number of nitrogens with zero attached hydrogens (tertiary/aromatic N) is 3. The van der Waals surface area contributed by atoms with Gasteiger partial charge in [-0.2, -0.15) is 0 Å². The van der Waals surface area contributed by atoms with E-state index in [1.54, 1.807) is 12.1 Å². The van der Waals surface area contributed by atoms with Gasteiger partial charge in [-0.15, -0.1) is 0 Å². The molecule has 1 saturated heterocycles. The second-order valence-electron chi connectivity index (χ2n) is 6.60. The Morgan fingerprint density at radius 1 is 1.43 bits per heavy atom. The fraction of sp³-hybridized carbons (Fsp3) is 0.611. The minimum atomic E-state index is -0.360. The standard InChI is InChI=1S/C18H27N3O2/c1-5-15-8-6-7-11-20(15)18(13(2)3)19-17-10-9-16(21(22)23)12-14(17)4/h9-10,12-13,15H,5-8,11H2,1-4H3. The molecule has 5 nitrogen and oxygen atoms in total. The number of piperidine rings is 1. The van der Waals surface area contributed by atoms with E-state index in [0.717, 1.165) is 30.1 Å². The van der Waals surface area contributed by atoms with Crippen molar-refractivity contribution in [1.82, 2.24) is 4.90 Å². The first-order valence-corrected chi connectivity index (χ1v) is 8.54. The molecule has 1 unspecified atom stereocenters. The van der Waals surface area contributed by atoms with E-state index in [2.05, 4.69) is 25.7 Å². The zero-order valence-electron chi connectivity index (χ0n) is 14.6. The maximum atomic E-state index is 10.9. The summed E-state index contributed by atoms with van der Waals surface area (Å²) in [4.78, 5) is 17.9. The summed E-state index contributed by atoms with van der Waals surface area (Å²) in [6.07, 6.45) is 4.85. The number of aryl methyl sites for hydroxylation is 1. The van der Waals surface area contributed by atoms with Crippen molar-refractivity contribution in [1.29, 1.82) is 0 Å². The van der Waals surface area contributed by atoms with Crippen molar-refractivity contribution in [2.45, 2.75) is 59.4 Å². The molecule has 0 N–H and O–H groups in total. The second-order valence-corrected chi connectivity index (χ2v) is 6.60. The fourth-order valence-corrected chi connectivity index (χ4v) is 3.25. The Balaban J connectivity index is 2.37. The van der Waals surface area contributed by atoms with E-state index in [1.807, 2.05) is 6.92 Å². The summed E-state index contributed by atoms with van der Waals surface area (Å²) in [5, 5.41) is 10.9. The van der Waals surface area contributed by atoms with Gasteiger partial charge in [-0.05, 0) is 44.2 Å². The lowest BCUT2D eigenvalue weighted by Gasteiger charge is -2.39. The number of non-ortho nitro benzene ring substituents is 1. The Labute approximate surface area is 138 Å². The molecule has 1 aliphatic heterocycles. The molecular formula is C18H27N3O2. The molecule has 0 amide bonds. The van der Waals surface area contributed by atoms with E-state index in [1.165, 1.54) is 25.3 Å². The summed E-state index contributed by atoms with van der Waals surface area (Å²) >= 11 is 0. The number of likely N-dealkylation sites (tertiary alicyclic amines) is 1. The van der Waals surface area contributed by atoms with Gasteiger partial charge >= 0.3 is 0 Å². The predicted octanol–water partition coefficient (Wildman–Crippen LogP) is 4.85. The van der Waals surface area contributed by atoms with E-state index >= 15 is 0 Å². The lowest BCUT2D eigenvalue weighted by atomic mass is 9.98. The maximum absolute atomic E-state index is 10.9. The Morgan fingerprint density at radius 3 is 2.74 bits per heavy atom. The molecule has 0 bridgehead atoms. The summed E-state index contributed by atoms with van der Waals surface area (Å²) < 4.78 is 0. The summed E-state index contributed by atoms with van der Waals surface area (Å²) in [5.41, 5.74) is 1.80. The SMILES string of the molecule is CCC1CCCCN1C(=Nc1ccc([N+](=O)[O-])cc1C)C(C)C. The van der Waals surface area contributed by atoms with Crippen LogP contribution in [0.2, 0.25) is 0 Å². The van der Waals surface area contributed by atoms with E-state index in [9.17, 15) is 10.1 Å². The lowest BCUT2D eigenvalue weighted by molar-refractivity contribution is -0.384. The highest BCUT2D eigenvalue weighted by Gasteiger charge is 2.25. The van der Waals surface area contributed by atoms with Crippen molar-refractivity contribution in [3.05, 3.63) is 33.9 Å². The molecule has 1 atom stereocenters. The molecule has 0 aromatic heterocycles. The molecule has 1 fully saturated rings. The van der Waals surface area contributed by atoms with Crippen molar-refractivity contribution < 1.29 is 4.92 Å². The van der Waals surface area contributed by atoms with Crippen LogP contribution in [-0.2, 0) is 0 Å². The molecule has 1 heterocycles. The van der Waals surface area contributed by atoms with Crippen LogP contribution in [0.25, 0.3) is 0 Å². The number of hydrogen-bond donors (Lipinski definition) is 0. The lowest BCUT2D eigenvalue weighted by Crippen LogP contribution is -2.45. The zero-order valence-corrected chi connectivity index (χ0v) is 14.6. The largest absolute Gasteiger partial charge is 0.357 e. The van der Waals surface area contributed by atoms with E-state index in [4.69, 9.17) is 4.99 Å². The van der Waals surface area contributed by atoms with Gasteiger partial charge < -0.3 is 4.90 Å². The first kappa shape index (κ1) is 17.4. The third kappa shape index (κ3) is 4.09. The summed E-state index contributed by atoms with van der Waals surface area (Å²) in [5.74, 6) is 1.44. The van der Waals surface area contributed by atoms with Gasteiger partial charge in [0.2, 0.25) is 0 Å². The van der Waals surface area contributed by atoms with Crippen LogP contribution >= 0.6 is 0 Å². The average Bonchev–Trinajstić information content (AvgIpc) is 2.53. The molecule has 0 aliphatic carbocycles. The van der Waals surface area contributed by atoms with Crippen LogP contribution in [0, 0.1) is 23.0 Å². The van der Waals surface area contributed by atoms with E-state index in [0.29, 0.717) is 12.0 Å². The second kappa shape index (κ2) is 7.57. The van der Waals surface area contributed by atoms with E-state index < -0.39 is 0 Å². The van der Waals surface area contributed by atoms with Crippen molar-refractivity contribution >= 4 is 17.2 Å². The summed E-state index contributed by atoms with van der Waals surface area (Å²) in [6, 6.07) is 5.46. The monoisotopic (exact) mass is 317 g/mol. The van der Waals surface area contributed by atoms with Gasteiger partial charge in [0.25, 0.3) is 5.69 Å². The number of nitro benzene ring substituents is 1. The van der Waals surface area contributed by atoms with Gasteiger partial charge in [-0.25, -0.2) is 4.99 Å². The molecule has 0 radical (unpaired) electrons. The number of nitro groups is 1. The molecule has 1 aromatic carbocycles. The van der Waals surface area contributed by atoms with Crippen LogP contribution in [0.5, 0.6) is 0 Å². The first-order chi connectivity index (χ1) is 10.9. The number of rotatable bonds is 4. The Morgan fingerprint density at radius 2 is 2.17 bits per heavy atom. The quantitative estimate of drug-likeness (QED) is 0.345. The highest BCUT2D eigenvalue weighted by Crippen LogP contribution is 2.28. The minimum absolute atomic E-state index is 0.122. The topological polar surface area (TPSA) is 58.7 Å². The van der Waals surface area contributed by atoms with Crippen LogP contribution in [0.15, 0.2) is 23.2 Å². The van der Waals surface area contributed by atoms with Crippen LogP contribution in [0.3, 0.4) is 0 Å². The highest BCUT2D eigenvalue weighted by molar-refractivity contribution is 5.87. The molecule has 0 saturated carbocycles. The van der Waals surface area contributed by atoms with Gasteiger partial charge in [-0.1, -0.05) is 20.8 Å². The first-order valence-electron chi connectivity index (χ1n) is 8.54. The number of benzene rings is 1. The zero-order chi connectivity index (χ0) is 17.0. The Kier molecular flexibility index (Phi) is 5.74. The van der Waals surface area contributed by atoms with Crippen LogP contribution in [0.4, 0.5) is 11.4 Å². The number of aliphatic imine (C=N–C) groups is 1. The van der Waals surface area contributed by atoms with Gasteiger partial charge in [0.1, 0.15) is 5.84 Å². The van der Waals surface area contributed by atoms with Crippen LogP contribution in [0.1, 0.15) is 52.0 Å². The predicted molar refractivity (Wildman–Crippen MR) is 94.4 cm³/mol. The molecule has 5 heteroatoms. The average molecular weight is 317 g/mol. The minimum Gasteiger partial charge on any atom is -0.357 e. The van der Waals surface area contributed by atoms with Gasteiger partial charge in [0.15, 0.2) is 0 Å². The van der Waals surface area contributed by atoms with Gasteiger partial charge in [-0.3, -0.25) is 10.1 Å².